The van der Waals surface area contributed by atoms with Gasteiger partial charge in [-0.05, 0) is 25.1 Å². The van der Waals surface area contributed by atoms with E-state index in [0.29, 0.717) is 11.6 Å². The van der Waals surface area contributed by atoms with E-state index in [1.165, 1.54) is 25.1 Å². The van der Waals surface area contributed by atoms with E-state index in [-0.39, 0.29) is 17.1 Å². The zero-order valence-corrected chi connectivity index (χ0v) is 12.6. The number of urea groups is 1. The van der Waals surface area contributed by atoms with Crippen molar-refractivity contribution in [3.8, 4) is 0 Å². The van der Waals surface area contributed by atoms with Crippen LogP contribution in [0.4, 0.5) is 4.79 Å². The molecule has 21 heavy (non-hydrogen) atoms. The Labute approximate surface area is 130 Å². The van der Waals surface area contributed by atoms with Gasteiger partial charge in [-0.3, -0.25) is 9.69 Å². The molecule has 2 rings (SSSR count). The summed E-state index contributed by atoms with van der Waals surface area (Å²) in [6.07, 6.45) is -1.09. The summed E-state index contributed by atoms with van der Waals surface area (Å²) in [7, 11) is 0. The fraction of sp³-hybridized carbons (Fsp3) is 0.308. The van der Waals surface area contributed by atoms with Crippen molar-refractivity contribution in [1.29, 1.82) is 0 Å². The van der Waals surface area contributed by atoms with Crippen LogP contribution in [0, 0.1) is 0 Å². The fourth-order valence-electron chi connectivity index (χ4n) is 1.83. The van der Waals surface area contributed by atoms with E-state index in [1.807, 2.05) is 0 Å². The number of imide groups is 1. The summed E-state index contributed by atoms with van der Waals surface area (Å²) in [6, 6.07) is 3.81. The Bertz CT molecular complexity index is 606. The molecule has 8 heteroatoms. The molecule has 0 bridgehead atoms. The molecule has 0 saturated carbocycles. The van der Waals surface area contributed by atoms with Gasteiger partial charge in [0.1, 0.15) is 0 Å². The monoisotopic (exact) mass is 330 g/mol. The number of halogens is 2. The molecule has 1 aromatic carbocycles. The lowest BCUT2D eigenvalue weighted by Gasteiger charge is -2.18. The number of esters is 1. The molecule has 1 aromatic rings. The molecule has 0 radical (unpaired) electrons. The fourth-order valence-corrected chi connectivity index (χ4v) is 2.32. The predicted octanol–water partition coefficient (Wildman–Crippen LogP) is 2.09. The lowest BCUT2D eigenvalue weighted by molar-refractivity contribution is -0.136. The van der Waals surface area contributed by atoms with Crippen molar-refractivity contribution in [3.05, 3.63) is 33.8 Å². The first-order valence-electron chi connectivity index (χ1n) is 6.15. The van der Waals surface area contributed by atoms with Crippen LogP contribution in [0.5, 0.6) is 0 Å². The van der Waals surface area contributed by atoms with Gasteiger partial charge >= 0.3 is 12.0 Å². The van der Waals surface area contributed by atoms with Crippen molar-refractivity contribution >= 4 is 41.1 Å². The van der Waals surface area contributed by atoms with Crippen LogP contribution >= 0.6 is 23.2 Å². The van der Waals surface area contributed by atoms with Gasteiger partial charge in [0, 0.05) is 18.1 Å². The maximum atomic E-state index is 12.0. The average Bonchev–Trinajstić information content (AvgIpc) is 2.83. The molecular weight excluding hydrogens is 319 g/mol. The molecule has 0 aromatic heterocycles. The van der Waals surface area contributed by atoms with Crippen LogP contribution in [0.1, 0.15) is 17.3 Å². The van der Waals surface area contributed by atoms with Gasteiger partial charge in [-0.25, -0.2) is 9.59 Å². The van der Waals surface area contributed by atoms with Gasteiger partial charge in [0.15, 0.2) is 6.10 Å². The van der Waals surface area contributed by atoms with Crippen LogP contribution in [0.2, 0.25) is 10.0 Å². The van der Waals surface area contributed by atoms with Crippen molar-refractivity contribution in [2.75, 3.05) is 13.1 Å². The molecule has 1 saturated heterocycles. The lowest BCUT2D eigenvalue weighted by atomic mass is 10.2. The second kappa shape index (κ2) is 6.32. The van der Waals surface area contributed by atoms with Gasteiger partial charge in [-0.15, -0.1) is 0 Å². The number of benzene rings is 1. The Morgan fingerprint density at radius 1 is 1.38 bits per heavy atom. The third-order valence-electron chi connectivity index (χ3n) is 2.91. The Morgan fingerprint density at radius 2 is 2.10 bits per heavy atom. The first-order chi connectivity index (χ1) is 9.90. The van der Waals surface area contributed by atoms with Gasteiger partial charge in [0.2, 0.25) is 0 Å². The van der Waals surface area contributed by atoms with E-state index < -0.39 is 24.0 Å². The summed E-state index contributed by atoms with van der Waals surface area (Å²) >= 11 is 11.6. The highest BCUT2D eigenvalue weighted by Crippen LogP contribution is 2.22. The van der Waals surface area contributed by atoms with Crippen LogP contribution in [-0.4, -0.2) is 42.0 Å². The summed E-state index contributed by atoms with van der Waals surface area (Å²) in [5.74, 6) is -1.33. The highest BCUT2D eigenvalue weighted by Gasteiger charge is 2.32. The zero-order valence-electron chi connectivity index (χ0n) is 11.1. The third kappa shape index (κ3) is 3.46. The molecule has 0 aliphatic carbocycles. The minimum atomic E-state index is -1.09. The van der Waals surface area contributed by atoms with Crippen molar-refractivity contribution in [1.82, 2.24) is 10.2 Å². The summed E-state index contributed by atoms with van der Waals surface area (Å²) in [5.41, 5.74) is 0.103. The van der Waals surface area contributed by atoms with Gasteiger partial charge in [0.05, 0.1) is 10.6 Å². The van der Waals surface area contributed by atoms with Crippen LogP contribution in [-0.2, 0) is 9.53 Å². The topological polar surface area (TPSA) is 75.7 Å². The molecule has 6 nitrogen and oxygen atoms in total. The van der Waals surface area contributed by atoms with Crippen molar-refractivity contribution in [3.63, 3.8) is 0 Å². The second-order valence-corrected chi connectivity index (χ2v) is 5.24. The third-order valence-corrected chi connectivity index (χ3v) is 3.45. The maximum absolute atomic E-state index is 12.0. The molecule has 3 amide bonds. The molecule has 0 spiro atoms. The Kier molecular flexibility index (Phi) is 4.69. The maximum Gasteiger partial charge on any atom is 0.340 e. The van der Waals surface area contributed by atoms with Gasteiger partial charge in [-0.1, -0.05) is 23.2 Å². The quantitative estimate of drug-likeness (QED) is 0.861. The Hall–Kier alpha value is -1.79. The number of nitrogens with one attached hydrogen (secondary N) is 1. The normalized spacial score (nSPS) is 15.6. The van der Waals surface area contributed by atoms with Crippen molar-refractivity contribution < 1.29 is 19.1 Å². The van der Waals surface area contributed by atoms with Crippen LogP contribution < -0.4 is 5.32 Å². The molecule has 112 valence electrons. The molecule has 1 fully saturated rings. The minimum absolute atomic E-state index is 0.103. The van der Waals surface area contributed by atoms with Crippen LogP contribution in [0.25, 0.3) is 0 Å². The smallest absolute Gasteiger partial charge is 0.340 e. The SMILES string of the molecule is CC(OC(=O)c1ccc(Cl)cc1Cl)C(=O)N1CCNC1=O. The first-order valence-corrected chi connectivity index (χ1v) is 6.91. The lowest BCUT2D eigenvalue weighted by Crippen LogP contribution is -2.41. The number of hydrogen-bond acceptors (Lipinski definition) is 4. The number of rotatable bonds is 3. The number of ether oxygens (including phenoxy) is 1. The van der Waals surface area contributed by atoms with E-state index in [2.05, 4.69) is 5.32 Å². The Balaban J connectivity index is 2.05. The number of amides is 3. The minimum Gasteiger partial charge on any atom is -0.449 e. The number of carbonyl (C=O) groups excluding carboxylic acids is 3. The number of nitrogens with zero attached hydrogens (tertiary/aromatic N) is 1. The number of hydrogen-bond donors (Lipinski definition) is 1. The van der Waals surface area contributed by atoms with Gasteiger partial charge < -0.3 is 10.1 Å². The zero-order chi connectivity index (χ0) is 15.6. The molecule has 1 aliphatic heterocycles. The first kappa shape index (κ1) is 15.6. The summed E-state index contributed by atoms with van der Waals surface area (Å²) in [4.78, 5) is 36.3. The van der Waals surface area contributed by atoms with Crippen LogP contribution in [0.15, 0.2) is 18.2 Å². The summed E-state index contributed by atoms with van der Waals surface area (Å²) in [5, 5.41) is 3.01. The van der Waals surface area contributed by atoms with Gasteiger partial charge in [0.25, 0.3) is 5.91 Å². The summed E-state index contributed by atoms with van der Waals surface area (Å²) < 4.78 is 5.04. The second-order valence-electron chi connectivity index (χ2n) is 4.39. The molecular formula is C13H12Cl2N2O4. The highest BCUT2D eigenvalue weighted by atomic mass is 35.5. The Morgan fingerprint density at radius 3 is 2.67 bits per heavy atom. The average molecular weight is 331 g/mol. The van der Waals surface area contributed by atoms with Crippen molar-refractivity contribution in [2.24, 2.45) is 0 Å². The molecule has 1 heterocycles. The van der Waals surface area contributed by atoms with E-state index in [4.69, 9.17) is 27.9 Å². The van der Waals surface area contributed by atoms with Gasteiger partial charge in [-0.2, -0.15) is 0 Å². The van der Waals surface area contributed by atoms with E-state index in [0.717, 1.165) is 4.90 Å². The molecule has 1 atom stereocenters. The number of carbonyl (C=O) groups is 3. The molecule has 1 unspecified atom stereocenters. The predicted molar refractivity (Wildman–Crippen MR) is 76.5 cm³/mol. The highest BCUT2D eigenvalue weighted by molar-refractivity contribution is 6.36. The summed E-state index contributed by atoms with van der Waals surface area (Å²) in [6.45, 7) is 2.03. The largest absolute Gasteiger partial charge is 0.449 e. The molecule has 1 N–H and O–H groups in total. The van der Waals surface area contributed by atoms with Crippen LogP contribution in [0.3, 0.4) is 0 Å². The van der Waals surface area contributed by atoms with Crippen molar-refractivity contribution in [2.45, 2.75) is 13.0 Å². The van der Waals surface area contributed by atoms with E-state index in [9.17, 15) is 14.4 Å². The standard InChI is InChI=1S/C13H12Cl2N2O4/c1-7(11(18)17-5-4-16-13(17)20)21-12(19)9-3-2-8(14)6-10(9)15/h2-3,6-7H,4-5H2,1H3,(H,16,20). The van der Waals surface area contributed by atoms with E-state index >= 15 is 0 Å². The van der Waals surface area contributed by atoms with E-state index in [1.54, 1.807) is 0 Å². The molecule has 1 aliphatic rings.